The van der Waals surface area contributed by atoms with Crippen LogP contribution >= 0.6 is 0 Å². The molecule has 2 fully saturated rings. The van der Waals surface area contributed by atoms with Gasteiger partial charge in [0.15, 0.2) is 6.10 Å². The first-order valence-corrected chi connectivity index (χ1v) is 9.48. The van der Waals surface area contributed by atoms with E-state index in [9.17, 15) is 14.7 Å². The average Bonchev–Trinajstić information content (AvgIpc) is 3.24. The van der Waals surface area contributed by atoms with Gasteiger partial charge in [0.1, 0.15) is 25.4 Å². The fraction of sp³-hybridized carbons (Fsp3) is 0.889. The summed E-state index contributed by atoms with van der Waals surface area (Å²) in [6.07, 6.45) is -2.04. The first-order valence-electron chi connectivity index (χ1n) is 9.48. The van der Waals surface area contributed by atoms with E-state index in [1.807, 2.05) is 13.8 Å². The fourth-order valence-electron chi connectivity index (χ4n) is 2.75. The lowest BCUT2D eigenvalue weighted by Gasteiger charge is -2.32. The summed E-state index contributed by atoms with van der Waals surface area (Å²) in [5.74, 6) is 0. The molecule has 1 N–H and O–H groups in total. The molecule has 162 valence electrons. The van der Waals surface area contributed by atoms with E-state index < -0.39 is 36.2 Å². The Morgan fingerprint density at radius 1 is 1.11 bits per heavy atom. The average molecular weight is 406 g/mol. The van der Waals surface area contributed by atoms with Crippen LogP contribution in [0.2, 0.25) is 0 Å². The second-order valence-corrected chi connectivity index (χ2v) is 7.26. The van der Waals surface area contributed by atoms with Crippen molar-refractivity contribution >= 4 is 12.3 Å². The zero-order valence-electron chi connectivity index (χ0n) is 16.6. The third-order valence-electron chi connectivity index (χ3n) is 4.51. The van der Waals surface area contributed by atoms with Crippen LogP contribution in [0.4, 0.5) is 9.59 Å². The summed E-state index contributed by atoms with van der Waals surface area (Å²) in [6.45, 7) is 6.62. The Kier molecular flexibility index (Phi) is 8.74. The van der Waals surface area contributed by atoms with Gasteiger partial charge in [0.25, 0.3) is 0 Å². The molecule has 0 aliphatic carbocycles. The van der Waals surface area contributed by atoms with E-state index in [2.05, 4.69) is 0 Å². The molecular formula is C18H30O10. The molecule has 0 radical (unpaired) electrons. The predicted molar refractivity (Wildman–Crippen MR) is 93.9 cm³/mol. The van der Waals surface area contributed by atoms with E-state index in [1.54, 1.807) is 6.92 Å². The highest BCUT2D eigenvalue weighted by molar-refractivity contribution is 5.62. The molecule has 0 saturated carbocycles. The normalized spacial score (nSPS) is 26.0. The molecule has 0 aromatic carbocycles. The van der Waals surface area contributed by atoms with Crippen LogP contribution in [0, 0.1) is 0 Å². The fourth-order valence-corrected chi connectivity index (χ4v) is 2.75. The number of aliphatic hydroxyl groups excluding tert-OH is 1. The molecular weight excluding hydrogens is 376 g/mol. The summed E-state index contributed by atoms with van der Waals surface area (Å²) in [7, 11) is 0. The first-order chi connectivity index (χ1) is 13.3. The molecule has 0 aromatic heterocycles. The van der Waals surface area contributed by atoms with E-state index in [4.69, 9.17) is 33.2 Å². The van der Waals surface area contributed by atoms with Gasteiger partial charge in [-0.25, -0.2) is 9.59 Å². The molecule has 2 saturated heterocycles. The molecule has 2 rings (SSSR count). The third kappa shape index (κ3) is 7.78. The number of cyclic esters (lactones) is 4. The van der Waals surface area contributed by atoms with E-state index in [1.165, 1.54) is 0 Å². The van der Waals surface area contributed by atoms with Gasteiger partial charge < -0.3 is 38.3 Å². The molecule has 10 nitrogen and oxygen atoms in total. The summed E-state index contributed by atoms with van der Waals surface area (Å²) < 4.78 is 36.9. The highest BCUT2D eigenvalue weighted by Gasteiger charge is 2.35. The van der Waals surface area contributed by atoms with Crippen LogP contribution in [-0.4, -0.2) is 87.1 Å². The van der Waals surface area contributed by atoms with Crippen LogP contribution in [0.3, 0.4) is 0 Å². The number of rotatable bonds is 13. The van der Waals surface area contributed by atoms with E-state index in [-0.39, 0.29) is 45.7 Å². The van der Waals surface area contributed by atoms with Gasteiger partial charge in [0.2, 0.25) is 0 Å². The van der Waals surface area contributed by atoms with Crippen molar-refractivity contribution in [3.8, 4) is 0 Å². The van der Waals surface area contributed by atoms with Crippen LogP contribution < -0.4 is 0 Å². The minimum Gasteiger partial charge on any atom is -0.430 e. The molecule has 28 heavy (non-hydrogen) atoms. The Morgan fingerprint density at radius 2 is 1.75 bits per heavy atom. The van der Waals surface area contributed by atoms with Crippen molar-refractivity contribution in [3.63, 3.8) is 0 Å². The van der Waals surface area contributed by atoms with Crippen LogP contribution in [0.5, 0.6) is 0 Å². The van der Waals surface area contributed by atoms with Gasteiger partial charge in [-0.05, 0) is 20.3 Å². The van der Waals surface area contributed by atoms with Crippen molar-refractivity contribution in [2.75, 3.05) is 39.6 Å². The molecule has 0 aromatic rings. The van der Waals surface area contributed by atoms with Gasteiger partial charge in [-0.15, -0.1) is 0 Å². The zero-order valence-corrected chi connectivity index (χ0v) is 16.6. The number of carbonyl (C=O) groups is 2. The van der Waals surface area contributed by atoms with Crippen LogP contribution in [0.25, 0.3) is 0 Å². The lowest BCUT2D eigenvalue weighted by atomic mass is 9.95. The van der Waals surface area contributed by atoms with Crippen LogP contribution in [0.15, 0.2) is 0 Å². The number of carbonyl (C=O) groups excluding carboxylic acids is 2. The Hall–Kier alpha value is -1.62. The maximum Gasteiger partial charge on any atom is 0.508 e. The second kappa shape index (κ2) is 10.8. The lowest BCUT2D eigenvalue weighted by Crippen LogP contribution is -2.39. The molecule has 5 unspecified atom stereocenters. The molecule has 2 aliphatic rings. The number of ether oxygens (including phenoxy) is 7. The van der Waals surface area contributed by atoms with Crippen molar-refractivity contribution in [1.82, 2.24) is 0 Å². The summed E-state index contributed by atoms with van der Waals surface area (Å²) in [5, 5.41) is 9.35. The standard InChI is InChI=1S/C18H30O10/c1-4-18(3,5-13-8-24-16(20)27-13)26-11-14(7-22-6-12(2)19)23-9-15-10-25-17(21)28-15/h12-15,19H,4-11H2,1-3H3. The highest BCUT2D eigenvalue weighted by atomic mass is 16.8. The van der Waals surface area contributed by atoms with Crippen molar-refractivity contribution in [1.29, 1.82) is 0 Å². The quantitative estimate of drug-likeness (QED) is 0.450. The monoisotopic (exact) mass is 406 g/mol. The predicted octanol–water partition coefficient (Wildman–Crippen LogP) is 1.42. The van der Waals surface area contributed by atoms with Crippen molar-refractivity contribution in [3.05, 3.63) is 0 Å². The number of aliphatic hydroxyl groups is 1. The van der Waals surface area contributed by atoms with Gasteiger partial charge in [0.05, 0.1) is 38.1 Å². The van der Waals surface area contributed by atoms with E-state index in [0.717, 1.165) is 0 Å². The molecule has 0 amide bonds. The van der Waals surface area contributed by atoms with Crippen molar-refractivity contribution < 1.29 is 47.9 Å². The Morgan fingerprint density at radius 3 is 2.29 bits per heavy atom. The van der Waals surface area contributed by atoms with Gasteiger partial charge in [-0.3, -0.25) is 0 Å². The molecule has 0 spiro atoms. The van der Waals surface area contributed by atoms with Crippen molar-refractivity contribution in [2.24, 2.45) is 0 Å². The second-order valence-electron chi connectivity index (χ2n) is 7.26. The van der Waals surface area contributed by atoms with Crippen LogP contribution in [0.1, 0.15) is 33.6 Å². The molecule has 10 heteroatoms. The van der Waals surface area contributed by atoms with E-state index >= 15 is 0 Å². The number of hydrogen-bond donors (Lipinski definition) is 1. The minimum atomic E-state index is -0.710. The summed E-state index contributed by atoms with van der Waals surface area (Å²) in [5.41, 5.74) is -0.548. The SMILES string of the molecule is CCC(C)(CC1COC(=O)O1)OCC(COCC(C)O)OCC1COC(=O)O1. The summed E-state index contributed by atoms with van der Waals surface area (Å²) >= 11 is 0. The Labute approximate surface area is 164 Å². The zero-order chi connectivity index (χ0) is 20.6. The summed E-state index contributed by atoms with van der Waals surface area (Å²) in [4.78, 5) is 22.1. The molecule has 2 heterocycles. The van der Waals surface area contributed by atoms with Crippen LogP contribution in [-0.2, 0) is 33.2 Å². The maximum atomic E-state index is 11.1. The highest BCUT2D eigenvalue weighted by Crippen LogP contribution is 2.26. The smallest absolute Gasteiger partial charge is 0.430 e. The topological polar surface area (TPSA) is 119 Å². The summed E-state index contributed by atoms with van der Waals surface area (Å²) in [6, 6.07) is 0. The number of hydrogen-bond acceptors (Lipinski definition) is 10. The van der Waals surface area contributed by atoms with Gasteiger partial charge in [0, 0.05) is 6.42 Å². The minimum absolute atomic E-state index is 0.140. The Balaban J connectivity index is 1.83. The maximum absolute atomic E-state index is 11.1. The van der Waals surface area contributed by atoms with Crippen molar-refractivity contribution in [2.45, 2.75) is 63.6 Å². The largest absolute Gasteiger partial charge is 0.508 e. The lowest BCUT2D eigenvalue weighted by molar-refractivity contribution is -0.129. The van der Waals surface area contributed by atoms with E-state index in [0.29, 0.717) is 12.8 Å². The molecule has 0 bridgehead atoms. The Bertz CT molecular complexity index is 511. The van der Waals surface area contributed by atoms with Gasteiger partial charge in [-0.2, -0.15) is 0 Å². The van der Waals surface area contributed by atoms with Gasteiger partial charge in [-0.1, -0.05) is 6.92 Å². The molecule has 5 atom stereocenters. The van der Waals surface area contributed by atoms with Gasteiger partial charge >= 0.3 is 12.3 Å². The molecule has 2 aliphatic heterocycles. The third-order valence-corrected chi connectivity index (χ3v) is 4.51. The first kappa shape index (κ1) is 22.7.